The molecule has 0 saturated carbocycles. The molecule has 6 heteroatoms. The molecule has 20 heavy (non-hydrogen) atoms. The molecule has 112 valence electrons. The number of carbonyl (C=O) groups is 1. The van der Waals surface area contributed by atoms with Crippen molar-refractivity contribution in [2.24, 2.45) is 0 Å². The van der Waals surface area contributed by atoms with E-state index in [9.17, 15) is 9.90 Å². The van der Waals surface area contributed by atoms with Crippen LogP contribution in [0.15, 0.2) is 11.4 Å². The van der Waals surface area contributed by atoms with Crippen LogP contribution in [0.1, 0.15) is 28.9 Å². The van der Waals surface area contributed by atoms with Gasteiger partial charge in [0, 0.05) is 19.6 Å². The number of ether oxygens (including phenoxy) is 1. The summed E-state index contributed by atoms with van der Waals surface area (Å²) in [7, 11) is 1.57. The first kappa shape index (κ1) is 15.3. The van der Waals surface area contributed by atoms with Crippen LogP contribution in [-0.4, -0.2) is 55.3 Å². The Balaban J connectivity index is 1.65. The SMILES string of the molecule is COc1ccsc1C(=O)NCCCN1CCC(O)CC1. The van der Waals surface area contributed by atoms with E-state index in [2.05, 4.69) is 10.2 Å². The average Bonchev–Trinajstić information content (AvgIpc) is 2.94. The van der Waals surface area contributed by atoms with Gasteiger partial charge in [-0.05, 0) is 37.3 Å². The van der Waals surface area contributed by atoms with Gasteiger partial charge in [0.15, 0.2) is 0 Å². The van der Waals surface area contributed by atoms with Crippen LogP contribution in [-0.2, 0) is 0 Å². The molecular formula is C14H22N2O3S. The Morgan fingerprint density at radius 1 is 1.55 bits per heavy atom. The van der Waals surface area contributed by atoms with Crippen LogP contribution in [0.3, 0.4) is 0 Å². The second kappa shape index (κ2) is 7.61. The lowest BCUT2D eigenvalue weighted by molar-refractivity contribution is 0.0816. The van der Waals surface area contributed by atoms with Gasteiger partial charge in [0.2, 0.25) is 0 Å². The van der Waals surface area contributed by atoms with Crippen molar-refractivity contribution in [1.29, 1.82) is 0 Å². The number of aliphatic hydroxyl groups is 1. The van der Waals surface area contributed by atoms with Crippen molar-refractivity contribution < 1.29 is 14.6 Å². The van der Waals surface area contributed by atoms with Gasteiger partial charge in [-0.3, -0.25) is 4.79 Å². The molecule has 5 nitrogen and oxygen atoms in total. The molecule has 1 aliphatic heterocycles. The summed E-state index contributed by atoms with van der Waals surface area (Å²) >= 11 is 1.39. The first-order chi connectivity index (χ1) is 9.70. The molecule has 1 saturated heterocycles. The number of thiophene rings is 1. The predicted octanol–water partition coefficient (Wildman–Crippen LogP) is 1.33. The van der Waals surface area contributed by atoms with Crippen LogP contribution in [0, 0.1) is 0 Å². The van der Waals surface area contributed by atoms with Gasteiger partial charge in [-0.15, -0.1) is 11.3 Å². The fraction of sp³-hybridized carbons (Fsp3) is 0.643. The number of carbonyl (C=O) groups excluding carboxylic acids is 1. The second-order valence-corrected chi connectivity index (χ2v) is 5.92. The Morgan fingerprint density at radius 3 is 3.00 bits per heavy atom. The first-order valence-corrected chi connectivity index (χ1v) is 7.88. The standard InChI is InChI=1S/C14H22N2O3S/c1-19-12-5-10-20-13(12)14(18)15-6-2-7-16-8-3-11(17)4-9-16/h5,10-11,17H,2-4,6-9H2,1H3,(H,15,18). The van der Waals surface area contributed by atoms with Crippen LogP contribution in [0.4, 0.5) is 0 Å². The third kappa shape index (κ3) is 4.19. The highest BCUT2D eigenvalue weighted by Gasteiger charge is 2.17. The molecule has 1 aliphatic rings. The molecule has 1 fully saturated rings. The Kier molecular flexibility index (Phi) is 5.82. The van der Waals surface area contributed by atoms with E-state index in [1.165, 1.54) is 11.3 Å². The van der Waals surface area contributed by atoms with E-state index in [0.717, 1.165) is 38.9 Å². The van der Waals surface area contributed by atoms with Gasteiger partial charge in [-0.2, -0.15) is 0 Å². The number of methoxy groups -OCH3 is 1. The van der Waals surface area contributed by atoms with Gasteiger partial charge in [0.1, 0.15) is 10.6 Å². The molecule has 1 aromatic rings. The number of hydrogen-bond donors (Lipinski definition) is 2. The minimum Gasteiger partial charge on any atom is -0.495 e. The Hall–Kier alpha value is -1.11. The van der Waals surface area contributed by atoms with Gasteiger partial charge in [0.25, 0.3) is 5.91 Å². The highest BCUT2D eigenvalue weighted by Crippen LogP contribution is 2.23. The smallest absolute Gasteiger partial charge is 0.265 e. The largest absolute Gasteiger partial charge is 0.495 e. The van der Waals surface area contributed by atoms with Gasteiger partial charge >= 0.3 is 0 Å². The summed E-state index contributed by atoms with van der Waals surface area (Å²) < 4.78 is 5.14. The number of rotatable bonds is 6. The maximum Gasteiger partial charge on any atom is 0.265 e. The topological polar surface area (TPSA) is 61.8 Å². The summed E-state index contributed by atoms with van der Waals surface area (Å²) in [5, 5.41) is 14.2. The highest BCUT2D eigenvalue weighted by molar-refractivity contribution is 7.12. The number of aliphatic hydroxyl groups excluding tert-OH is 1. The van der Waals surface area contributed by atoms with Crippen molar-refractivity contribution >= 4 is 17.2 Å². The van der Waals surface area contributed by atoms with Gasteiger partial charge in [-0.25, -0.2) is 0 Å². The van der Waals surface area contributed by atoms with Crippen LogP contribution in [0.5, 0.6) is 5.75 Å². The number of likely N-dealkylation sites (tertiary alicyclic amines) is 1. The normalized spacial score (nSPS) is 17.1. The maximum atomic E-state index is 12.0. The monoisotopic (exact) mass is 298 g/mol. The van der Waals surface area contributed by atoms with Crippen LogP contribution >= 0.6 is 11.3 Å². The molecule has 1 aromatic heterocycles. The van der Waals surface area contributed by atoms with Crippen LogP contribution in [0.2, 0.25) is 0 Å². The van der Waals surface area contributed by atoms with Crippen LogP contribution < -0.4 is 10.1 Å². The van der Waals surface area contributed by atoms with Gasteiger partial charge in [0.05, 0.1) is 13.2 Å². The lowest BCUT2D eigenvalue weighted by atomic mass is 10.1. The number of amides is 1. The quantitative estimate of drug-likeness (QED) is 0.778. The molecule has 2 rings (SSSR count). The predicted molar refractivity (Wildman–Crippen MR) is 79.5 cm³/mol. The molecular weight excluding hydrogens is 276 g/mol. The van der Waals surface area contributed by atoms with E-state index < -0.39 is 0 Å². The molecule has 0 radical (unpaired) electrons. The molecule has 2 heterocycles. The molecule has 0 atom stereocenters. The minimum atomic E-state index is -0.128. The maximum absolute atomic E-state index is 12.0. The average molecular weight is 298 g/mol. The van der Waals surface area contributed by atoms with Crippen molar-refractivity contribution in [1.82, 2.24) is 10.2 Å². The lowest BCUT2D eigenvalue weighted by Crippen LogP contribution is -2.37. The summed E-state index contributed by atoms with van der Waals surface area (Å²) in [6.45, 7) is 3.54. The minimum absolute atomic E-state index is 0.0640. The zero-order chi connectivity index (χ0) is 14.4. The van der Waals surface area contributed by atoms with Crippen LogP contribution in [0.25, 0.3) is 0 Å². The summed E-state index contributed by atoms with van der Waals surface area (Å²) in [4.78, 5) is 14.9. The summed E-state index contributed by atoms with van der Waals surface area (Å²) in [5.41, 5.74) is 0. The zero-order valence-electron chi connectivity index (χ0n) is 11.8. The Labute approximate surface area is 123 Å². The van der Waals surface area contributed by atoms with Crippen molar-refractivity contribution in [2.75, 3.05) is 33.3 Å². The Morgan fingerprint density at radius 2 is 2.30 bits per heavy atom. The Bertz CT molecular complexity index is 428. The van der Waals surface area contributed by atoms with E-state index in [-0.39, 0.29) is 12.0 Å². The van der Waals surface area contributed by atoms with Gasteiger partial charge < -0.3 is 20.1 Å². The van der Waals surface area contributed by atoms with E-state index in [1.54, 1.807) is 13.2 Å². The molecule has 1 amide bonds. The van der Waals surface area contributed by atoms with E-state index in [4.69, 9.17) is 4.74 Å². The number of hydrogen-bond acceptors (Lipinski definition) is 5. The summed E-state index contributed by atoms with van der Waals surface area (Å²) in [6.07, 6.45) is 2.52. The number of nitrogens with zero attached hydrogens (tertiary/aromatic N) is 1. The second-order valence-electron chi connectivity index (χ2n) is 5.00. The first-order valence-electron chi connectivity index (χ1n) is 7.01. The highest BCUT2D eigenvalue weighted by atomic mass is 32.1. The molecule has 0 aliphatic carbocycles. The summed E-state index contributed by atoms with van der Waals surface area (Å²) in [5.74, 6) is 0.573. The third-order valence-electron chi connectivity index (χ3n) is 3.55. The lowest BCUT2D eigenvalue weighted by Gasteiger charge is -2.29. The fourth-order valence-corrected chi connectivity index (χ4v) is 3.13. The number of nitrogens with one attached hydrogen (secondary N) is 1. The molecule has 0 bridgehead atoms. The third-order valence-corrected chi connectivity index (χ3v) is 4.44. The van der Waals surface area contributed by atoms with E-state index in [0.29, 0.717) is 17.2 Å². The van der Waals surface area contributed by atoms with E-state index >= 15 is 0 Å². The molecule has 2 N–H and O–H groups in total. The zero-order valence-corrected chi connectivity index (χ0v) is 12.6. The molecule has 0 unspecified atom stereocenters. The van der Waals surface area contributed by atoms with Crippen molar-refractivity contribution in [3.63, 3.8) is 0 Å². The summed E-state index contributed by atoms with van der Waals surface area (Å²) in [6, 6.07) is 1.80. The molecule has 0 aromatic carbocycles. The number of piperidine rings is 1. The van der Waals surface area contributed by atoms with Gasteiger partial charge in [-0.1, -0.05) is 0 Å². The van der Waals surface area contributed by atoms with Crippen molar-refractivity contribution in [3.05, 3.63) is 16.3 Å². The fourth-order valence-electron chi connectivity index (χ4n) is 2.35. The van der Waals surface area contributed by atoms with E-state index in [1.807, 2.05) is 5.38 Å². The molecule has 0 spiro atoms. The van der Waals surface area contributed by atoms with Crippen molar-refractivity contribution in [2.45, 2.75) is 25.4 Å². The van der Waals surface area contributed by atoms with Crippen molar-refractivity contribution in [3.8, 4) is 5.75 Å².